The SMILES string of the molecule is CC(C)(C)OC(=O)C[C@@H](NCc1ccncc1)c1ccncc1. The minimum atomic E-state index is -0.481. The number of hydrogen-bond acceptors (Lipinski definition) is 5. The van der Waals surface area contributed by atoms with Crippen molar-refractivity contribution in [2.75, 3.05) is 0 Å². The molecule has 0 bridgehead atoms. The molecule has 2 aromatic heterocycles. The third-order valence-electron chi connectivity index (χ3n) is 3.20. The molecule has 0 spiro atoms. The first kappa shape index (κ1) is 17.1. The second kappa shape index (κ2) is 7.83. The number of hydrogen-bond donors (Lipinski definition) is 1. The Bertz CT molecular complexity index is 609. The lowest BCUT2D eigenvalue weighted by molar-refractivity contribution is -0.155. The van der Waals surface area contributed by atoms with Crippen molar-refractivity contribution >= 4 is 5.97 Å². The zero-order chi connectivity index (χ0) is 16.7. The van der Waals surface area contributed by atoms with Crippen molar-refractivity contribution in [1.82, 2.24) is 15.3 Å². The number of aromatic nitrogens is 2. The topological polar surface area (TPSA) is 64.1 Å². The van der Waals surface area contributed by atoms with E-state index in [0.717, 1.165) is 11.1 Å². The van der Waals surface area contributed by atoms with Gasteiger partial charge in [-0.3, -0.25) is 14.8 Å². The highest BCUT2D eigenvalue weighted by atomic mass is 16.6. The largest absolute Gasteiger partial charge is 0.460 e. The highest BCUT2D eigenvalue weighted by Gasteiger charge is 2.21. The lowest BCUT2D eigenvalue weighted by Crippen LogP contribution is -2.29. The molecule has 1 atom stereocenters. The first-order chi connectivity index (χ1) is 10.9. The van der Waals surface area contributed by atoms with Crippen LogP contribution >= 0.6 is 0 Å². The number of nitrogens with zero attached hydrogens (tertiary/aromatic N) is 2. The summed E-state index contributed by atoms with van der Waals surface area (Å²) >= 11 is 0. The molecular weight excluding hydrogens is 290 g/mol. The summed E-state index contributed by atoms with van der Waals surface area (Å²) in [7, 11) is 0. The van der Waals surface area contributed by atoms with Gasteiger partial charge in [0.25, 0.3) is 0 Å². The van der Waals surface area contributed by atoms with Crippen LogP contribution in [0.5, 0.6) is 0 Å². The van der Waals surface area contributed by atoms with Crippen molar-refractivity contribution in [1.29, 1.82) is 0 Å². The Labute approximate surface area is 137 Å². The number of pyridine rings is 2. The highest BCUT2D eigenvalue weighted by molar-refractivity contribution is 5.71. The number of ether oxygens (including phenoxy) is 1. The Balaban J connectivity index is 2.05. The Kier molecular flexibility index (Phi) is 5.82. The predicted octanol–water partition coefficient (Wildman–Crippen LogP) is 3.04. The number of carbonyl (C=O) groups is 1. The molecular formula is C18H23N3O2. The summed E-state index contributed by atoms with van der Waals surface area (Å²) in [5, 5.41) is 3.41. The van der Waals surface area contributed by atoms with E-state index in [1.165, 1.54) is 0 Å². The second-order valence-electron chi connectivity index (χ2n) is 6.36. The normalized spacial score (nSPS) is 12.7. The van der Waals surface area contributed by atoms with E-state index in [0.29, 0.717) is 6.54 Å². The van der Waals surface area contributed by atoms with Crippen molar-refractivity contribution in [3.63, 3.8) is 0 Å². The molecule has 23 heavy (non-hydrogen) atoms. The first-order valence-electron chi connectivity index (χ1n) is 7.68. The van der Waals surface area contributed by atoms with E-state index in [2.05, 4.69) is 15.3 Å². The van der Waals surface area contributed by atoms with Crippen LogP contribution in [0.25, 0.3) is 0 Å². The molecule has 0 saturated carbocycles. The summed E-state index contributed by atoms with van der Waals surface area (Å²) in [6.45, 7) is 6.27. The van der Waals surface area contributed by atoms with Gasteiger partial charge in [-0.1, -0.05) is 0 Å². The van der Waals surface area contributed by atoms with Gasteiger partial charge in [-0.15, -0.1) is 0 Å². The molecule has 5 heteroatoms. The smallest absolute Gasteiger partial charge is 0.308 e. The third-order valence-corrected chi connectivity index (χ3v) is 3.20. The molecule has 1 N–H and O–H groups in total. The van der Waals surface area contributed by atoms with Crippen molar-refractivity contribution in [2.45, 2.75) is 45.4 Å². The molecule has 122 valence electrons. The molecule has 2 rings (SSSR count). The number of carbonyl (C=O) groups excluding carboxylic acids is 1. The molecule has 0 aliphatic rings. The average molecular weight is 313 g/mol. The number of nitrogens with one attached hydrogen (secondary N) is 1. The van der Waals surface area contributed by atoms with Crippen molar-refractivity contribution in [3.8, 4) is 0 Å². The molecule has 5 nitrogen and oxygen atoms in total. The fourth-order valence-corrected chi connectivity index (χ4v) is 2.20. The van der Waals surface area contributed by atoms with Gasteiger partial charge in [-0.05, 0) is 56.2 Å². The molecule has 2 heterocycles. The quantitative estimate of drug-likeness (QED) is 0.830. The van der Waals surface area contributed by atoms with Crippen LogP contribution in [-0.4, -0.2) is 21.5 Å². The van der Waals surface area contributed by atoms with Gasteiger partial charge in [0.2, 0.25) is 0 Å². The minimum Gasteiger partial charge on any atom is -0.460 e. The maximum atomic E-state index is 12.2. The van der Waals surface area contributed by atoms with Gasteiger partial charge in [0, 0.05) is 37.4 Å². The average Bonchev–Trinajstić information content (AvgIpc) is 2.51. The van der Waals surface area contributed by atoms with Crippen LogP contribution in [0.4, 0.5) is 0 Å². The van der Waals surface area contributed by atoms with Gasteiger partial charge in [-0.2, -0.15) is 0 Å². The molecule has 0 unspecified atom stereocenters. The predicted molar refractivity (Wildman–Crippen MR) is 88.5 cm³/mol. The van der Waals surface area contributed by atoms with E-state index in [9.17, 15) is 4.79 Å². The van der Waals surface area contributed by atoms with Crippen molar-refractivity contribution in [2.24, 2.45) is 0 Å². The zero-order valence-electron chi connectivity index (χ0n) is 13.8. The molecule has 0 saturated heterocycles. The van der Waals surface area contributed by atoms with E-state index in [4.69, 9.17) is 4.74 Å². The summed E-state index contributed by atoms with van der Waals surface area (Å²) in [5.74, 6) is -0.221. The molecule has 0 aliphatic carbocycles. The molecule has 0 aliphatic heterocycles. The van der Waals surface area contributed by atoms with Gasteiger partial charge >= 0.3 is 5.97 Å². The second-order valence-corrected chi connectivity index (χ2v) is 6.36. The van der Waals surface area contributed by atoms with Crippen LogP contribution in [0.3, 0.4) is 0 Å². The van der Waals surface area contributed by atoms with Crippen LogP contribution in [0.15, 0.2) is 49.1 Å². The first-order valence-corrected chi connectivity index (χ1v) is 7.68. The lowest BCUT2D eigenvalue weighted by Gasteiger charge is -2.23. The Morgan fingerprint density at radius 1 is 1.09 bits per heavy atom. The fourth-order valence-electron chi connectivity index (χ4n) is 2.20. The van der Waals surface area contributed by atoms with Gasteiger partial charge in [0.15, 0.2) is 0 Å². The monoisotopic (exact) mass is 313 g/mol. The van der Waals surface area contributed by atoms with Gasteiger partial charge in [0.05, 0.1) is 6.42 Å². The van der Waals surface area contributed by atoms with Crippen LogP contribution in [0, 0.1) is 0 Å². The van der Waals surface area contributed by atoms with Gasteiger partial charge in [0.1, 0.15) is 5.60 Å². The highest BCUT2D eigenvalue weighted by Crippen LogP contribution is 2.19. The Hall–Kier alpha value is -2.27. The van der Waals surface area contributed by atoms with E-state index in [1.807, 2.05) is 45.0 Å². The summed E-state index contributed by atoms with van der Waals surface area (Å²) in [4.78, 5) is 20.2. The number of rotatable bonds is 6. The molecule has 0 radical (unpaired) electrons. The summed E-state index contributed by atoms with van der Waals surface area (Å²) in [6.07, 6.45) is 7.24. The van der Waals surface area contributed by atoms with Crippen LogP contribution < -0.4 is 5.32 Å². The summed E-state index contributed by atoms with van der Waals surface area (Å²) < 4.78 is 5.44. The van der Waals surface area contributed by atoms with E-state index >= 15 is 0 Å². The van der Waals surface area contributed by atoms with Crippen molar-refractivity contribution in [3.05, 3.63) is 60.2 Å². The van der Waals surface area contributed by atoms with Crippen molar-refractivity contribution < 1.29 is 9.53 Å². The standard InChI is InChI=1S/C18H23N3O2/c1-18(2,3)23-17(22)12-16(15-6-10-20-11-7-15)21-13-14-4-8-19-9-5-14/h4-11,16,21H,12-13H2,1-3H3/t16-/m1/s1. The maximum absolute atomic E-state index is 12.2. The van der Waals surface area contributed by atoms with E-state index in [1.54, 1.807) is 24.8 Å². The lowest BCUT2D eigenvalue weighted by atomic mass is 10.0. The van der Waals surface area contributed by atoms with Crippen LogP contribution in [0.1, 0.15) is 44.4 Å². The fraction of sp³-hybridized carbons (Fsp3) is 0.389. The van der Waals surface area contributed by atoms with Crippen LogP contribution in [0.2, 0.25) is 0 Å². The molecule has 0 amide bonds. The van der Waals surface area contributed by atoms with Gasteiger partial charge in [-0.25, -0.2) is 0 Å². The number of esters is 1. The third kappa shape index (κ3) is 6.16. The Morgan fingerprint density at radius 2 is 1.65 bits per heavy atom. The van der Waals surface area contributed by atoms with Crippen LogP contribution in [-0.2, 0) is 16.1 Å². The van der Waals surface area contributed by atoms with Gasteiger partial charge < -0.3 is 10.1 Å². The Morgan fingerprint density at radius 3 is 2.22 bits per heavy atom. The summed E-state index contributed by atoms with van der Waals surface area (Å²) in [6, 6.07) is 7.60. The zero-order valence-corrected chi connectivity index (χ0v) is 13.8. The summed E-state index contributed by atoms with van der Waals surface area (Å²) in [5.41, 5.74) is 1.65. The molecule has 2 aromatic rings. The molecule has 0 fully saturated rings. The van der Waals surface area contributed by atoms with E-state index in [-0.39, 0.29) is 18.4 Å². The molecule has 0 aromatic carbocycles. The minimum absolute atomic E-state index is 0.124. The van der Waals surface area contributed by atoms with E-state index < -0.39 is 5.60 Å². The maximum Gasteiger partial charge on any atom is 0.308 e.